The first-order valence-electron chi connectivity index (χ1n) is 7.91. The summed E-state index contributed by atoms with van der Waals surface area (Å²) in [6.45, 7) is 5.77. The van der Waals surface area contributed by atoms with Crippen molar-refractivity contribution in [1.29, 1.82) is 0 Å². The van der Waals surface area contributed by atoms with Crippen molar-refractivity contribution >= 4 is 5.69 Å². The summed E-state index contributed by atoms with van der Waals surface area (Å²) in [7, 11) is 0. The van der Waals surface area contributed by atoms with E-state index in [0.29, 0.717) is 0 Å². The van der Waals surface area contributed by atoms with Crippen LogP contribution in [0.4, 0.5) is 5.69 Å². The molecule has 0 aromatic heterocycles. The van der Waals surface area contributed by atoms with E-state index in [4.69, 9.17) is 0 Å². The van der Waals surface area contributed by atoms with E-state index < -0.39 is 0 Å². The second-order valence-corrected chi connectivity index (χ2v) is 6.18. The molecule has 2 nitrogen and oxygen atoms in total. The Labute approximate surface area is 117 Å². The van der Waals surface area contributed by atoms with E-state index >= 15 is 0 Å². The van der Waals surface area contributed by atoms with Gasteiger partial charge in [0.1, 0.15) is 0 Å². The van der Waals surface area contributed by atoms with Gasteiger partial charge >= 0.3 is 0 Å². The van der Waals surface area contributed by atoms with Crippen molar-refractivity contribution in [2.24, 2.45) is 0 Å². The van der Waals surface area contributed by atoms with Gasteiger partial charge in [-0.2, -0.15) is 0 Å². The van der Waals surface area contributed by atoms with Gasteiger partial charge in [-0.05, 0) is 49.8 Å². The molecule has 1 heterocycles. The molecule has 3 rings (SSSR count). The number of benzene rings is 1. The number of aryl methyl sites for hydroxylation is 1. The zero-order valence-electron chi connectivity index (χ0n) is 12.1. The molecule has 1 aliphatic carbocycles. The van der Waals surface area contributed by atoms with E-state index in [-0.39, 0.29) is 0 Å². The highest BCUT2D eigenvalue weighted by Crippen LogP contribution is 2.25. The normalized spacial score (nSPS) is 20.4. The summed E-state index contributed by atoms with van der Waals surface area (Å²) in [6, 6.07) is 7.81. The van der Waals surface area contributed by atoms with Crippen molar-refractivity contribution in [3.8, 4) is 0 Å². The van der Waals surface area contributed by atoms with Gasteiger partial charge in [0.25, 0.3) is 0 Å². The van der Waals surface area contributed by atoms with Crippen LogP contribution in [0.3, 0.4) is 0 Å². The third kappa shape index (κ3) is 3.50. The Hall–Kier alpha value is -1.02. The molecule has 1 aliphatic heterocycles. The van der Waals surface area contributed by atoms with Gasteiger partial charge in [-0.1, -0.05) is 25.0 Å². The Morgan fingerprint density at radius 2 is 1.84 bits per heavy atom. The SMILES string of the molecule is Cc1cc(CNC2CC2)ccc1N1CCCCCC1. The fourth-order valence-electron chi connectivity index (χ4n) is 3.04. The lowest BCUT2D eigenvalue weighted by atomic mass is 10.1. The first kappa shape index (κ1) is 13.0. The first-order chi connectivity index (χ1) is 9.33. The van der Waals surface area contributed by atoms with E-state index in [2.05, 4.69) is 35.3 Å². The smallest absolute Gasteiger partial charge is 0.0396 e. The van der Waals surface area contributed by atoms with Crippen molar-refractivity contribution < 1.29 is 0 Å². The van der Waals surface area contributed by atoms with E-state index in [1.807, 2.05) is 0 Å². The van der Waals surface area contributed by atoms with E-state index in [0.717, 1.165) is 12.6 Å². The van der Waals surface area contributed by atoms with Gasteiger partial charge in [0.2, 0.25) is 0 Å². The summed E-state index contributed by atoms with van der Waals surface area (Å²) in [6.07, 6.45) is 8.24. The van der Waals surface area contributed by atoms with Crippen molar-refractivity contribution in [2.75, 3.05) is 18.0 Å². The predicted molar refractivity (Wildman–Crippen MR) is 81.7 cm³/mol. The fourth-order valence-corrected chi connectivity index (χ4v) is 3.04. The maximum Gasteiger partial charge on any atom is 0.0396 e. The molecule has 2 heteroatoms. The molecule has 0 spiro atoms. The lowest BCUT2D eigenvalue weighted by molar-refractivity contribution is 0.687. The summed E-state index contributed by atoms with van der Waals surface area (Å²) in [5, 5.41) is 3.60. The molecule has 0 atom stereocenters. The van der Waals surface area contributed by atoms with Crippen LogP contribution in [0.15, 0.2) is 18.2 Å². The van der Waals surface area contributed by atoms with Crippen LogP contribution in [0.5, 0.6) is 0 Å². The Morgan fingerprint density at radius 3 is 2.47 bits per heavy atom. The standard InChI is InChI=1S/C17H26N2/c1-14-12-15(13-18-16-7-8-16)6-9-17(14)19-10-4-2-3-5-11-19/h6,9,12,16,18H,2-5,7-8,10-11,13H2,1H3. The molecule has 2 fully saturated rings. The minimum atomic E-state index is 0.797. The van der Waals surface area contributed by atoms with Crippen LogP contribution in [-0.4, -0.2) is 19.1 Å². The third-order valence-corrected chi connectivity index (χ3v) is 4.38. The minimum Gasteiger partial charge on any atom is -0.371 e. The lowest BCUT2D eigenvalue weighted by Crippen LogP contribution is -2.24. The molecule has 1 aromatic rings. The van der Waals surface area contributed by atoms with Crippen LogP contribution in [0.25, 0.3) is 0 Å². The van der Waals surface area contributed by atoms with Crippen LogP contribution in [0.1, 0.15) is 49.7 Å². The van der Waals surface area contributed by atoms with Gasteiger partial charge in [0.15, 0.2) is 0 Å². The van der Waals surface area contributed by atoms with Crippen LogP contribution < -0.4 is 10.2 Å². The van der Waals surface area contributed by atoms with Crippen molar-refractivity contribution in [2.45, 2.75) is 58.0 Å². The number of rotatable bonds is 4. The average molecular weight is 258 g/mol. The lowest BCUT2D eigenvalue weighted by Gasteiger charge is -2.25. The Kier molecular flexibility index (Phi) is 4.07. The largest absolute Gasteiger partial charge is 0.371 e. The highest BCUT2D eigenvalue weighted by atomic mass is 15.1. The number of nitrogens with one attached hydrogen (secondary N) is 1. The molecule has 0 radical (unpaired) electrons. The monoisotopic (exact) mass is 258 g/mol. The Morgan fingerprint density at radius 1 is 1.11 bits per heavy atom. The number of hydrogen-bond donors (Lipinski definition) is 1. The van der Waals surface area contributed by atoms with Crippen molar-refractivity contribution in [3.05, 3.63) is 29.3 Å². The number of anilines is 1. The summed E-state index contributed by atoms with van der Waals surface area (Å²) >= 11 is 0. The second kappa shape index (κ2) is 5.96. The van der Waals surface area contributed by atoms with E-state index in [1.54, 1.807) is 0 Å². The summed E-state index contributed by atoms with van der Waals surface area (Å²) in [5.74, 6) is 0. The fraction of sp³-hybridized carbons (Fsp3) is 0.647. The van der Waals surface area contributed by atoms with Crippen LogP contribution in [0, 0.1) is 6.92 Å². The molecule has 1 saturated heterocycles. The maximum absolute atomic E-state index is 3.60. The summed E-state index contributed by atoms with van der Waals surface area (Å²) in [5.41, 5.74) is 4.33. The topological polar surface area (TPSA) is 15.3 Å². The van der Waals surface area contributed by atoms with E-state index in [9.17, 15) is 0 Å². The van der Waals surface area contributed by atoms with Crippen molar-refractivity contribution in [1.82, 2.24) is 5.32 Å². The van der Waals surface area contributed by atoms with Crippen LogP contribution in [-0.2, 0) is 6.54 Å². The maximum atomic E-state index is 3.60. The molecule has 104 valence electrons. The highest BCUT2D eigenvalue weighted by molar-refractivity contribution is 5.54. The van der Waals surface area contributed by atoms with Gasteiger partial charge in [-0.25, -0.2) is 0 Å². The Bertz CT molecular complexity index is 415. The molecule has 1 aromatic carbocycles. The number of nitrogens with zero attached hydrogens (tertiary/aromatic N) is 1. The summed E-state index contributed by atoms with van der Waals surface area (Å²) in [4.78, 5) is 2.58. The molecular formula is C17H26N2. The quantitative estimate of drug-likeness (QED) is 0.887. The molecule has 0 bridgehead atoms. The van der Waals surface area contributed by atoms with E-state index in [1.165, 1.54) is 68.4 Å². The second-order valence-electron chi connectivity index (χ2n) is 6.18. The molecule has 2 aliphatic rings. The molecular weight excluding hydrogens is 232 g/mol. The molecule has 19 heavy (non-hydrogen) atoms. The van der Waals surface area contributed by atoms with Crippen molar-refractivity contribution in [3.63, 3.8) is 0 Å². The van der Waals surface area contributed by atoms with Gasteiger partial charge in [0, 0.05) is 31.4 Å². The number of hydrogen-bond acceptors (Lipinski definition) is 2. The van der Waals surface area contributed by atoms with Gasteiger partial charge in [0.05, 0.1) is 0 Å². The zero-order valence-corrected chi connectivity index (χ0v) is 12.1. The Balaban J connectivity index is 1.66. The van der Waals surface area contributed by atoms with Gasteiger partial charge in [-0.3, -0.25) is 0 Å². The highest BCUT2D eigenvalue weighted by Gasteiger charge is 2.20. The summed E-state index contributed by atoms with van der Waals surface area (Å²) < 4.78 is 0. The molecule has 1 N–H and O–H groups in total. The van der Waals surface area contributed by atoms with Gasteiger partial charge < -0.3 is 10.2 Å². The minimum absolute atomic E-state index is 0.797. The first-order valence-corrected chi connectivity index (χ1v) is 7.91. The molecule has 0 unspecified atom stereocenters. The van der Waals surface area contributed by atoms with Crippen LogP contribution in [0.2, 0.25) is 0 Å². The third-order valence-electron chi connectivity index (χ3n) is 4.38. The average Bonchev–Trinajstić information content (AvgIpc) is 3.24. The molecule has 0 amide bonds. The van der Waals surface area contributed by atoms with Crippen LogP contribution >= 0.6 is 0 Å². The predicted octanol–water partition coefficient (Wildman–Crippen LogP) is 3.63. The molecule has 1 saturated carbocycles. The van der Waals surface area contributed by atoms with Gasteiger partial charge in [-0.15, -0.1) is 0 Å². The zero-order chi connectivity index (χ0) is 13.1.